The summed E-state index contributed by atoms with van der Waals surface area (Å²) in [5.41, 5.74) is 2.24. The number of rotatable bonds is 5. The largest absolute Gasteiger partial charge is 0.416 e. The second-order valence-corrected chi connectivity index (χ2v) is 7.44. The molecule has 1 aliphatic carbocycles. The van der Waals surface area contributed by atoms with Crippen LogP contribution in [0.2, 0.25) is 0 Å². The highest BCUT2D eigenvalue weighted by Gasteiger charge is 2.29. The van der Waals surface area contributed by atoms with Gasteiger partial charge < -0.3 is 9.88 Å². The Bertz CT molecular complexity index is 1130. The van der Waals surface area contributed by atoms with Gasteiger partial charge in [-0.05, 0) is 43.4 Å². The van der Waals surface area contributed by atoms with E-state index < -0.39 is 11.7 Å². The van der Waals surface area contributed by atoms with Crippen molar-refractivity contribution in [2.75, 3.05) is 0 Å². The third-order valence-corrected chi connectivity index (χ3v) is 5.38. The van der Waals surface area contributed by atoms with Crippen LogP contribution in [0.15, 0.2) is 41.5 Å². The average Bonchev–Trinajstić information content (AvgIpc) is 3.11. The summed E-state index contributed by atoms with van der Waals surface area (Å²) in [5.74, 6) is -0.280. The first-order valence-electron chi connectivity index (χ1n) is 9.85. The standard InChI is InChI=1S/C21H21F3N4O2/c22-21(23,24)15-7-5-14(6-8-15)13-25-18(29)9-10-27-11-12-28-19(20(27)30)16-3-1-2-4-17(16)26-28/h5-8,11-12H,1-4,9-10,13H2,(H,25,29). The Labute approximate surface area is 170 Å². The summed E-state index contributed by atoms with van der Waals surface area (Å²) in [7, 11) is 0. The molecule has 3 aromatic rings. The number of amides is 1. The van der Waals surface area contributed by atoms with Crippen LogP contribution in [0.25, 0.3) is 5.52 Å². The lowest BCUT2D eigenvalue weighted by Gasteiger charge is -2.10. The van der Waals surface area contributed by atoms with Crippen molar-refractivity contribution >= 4 is 11.4 Å². The minimum absolute atomic E-state index is 0.0903. The molecule has 0 unspecified atom stereocenters. The van der Waals surface area contributed by atoms with E-state index in [4.69, 9.17) is 0 Å². The van der Waals surface area contributed by atoms with Crippen molar-refractivity contribution in [3.63, 3.8) is 0 Å². The first kappa shape index (κ1) is 20.2. The molecule has 30 heavy (non-hydrogen) atoms. The summed E-state index contributed by atoms with van der Waals surface area (Å²) in [5, 5.41) is 7.16. The summed E-state index contributed by atoms with van der Waals surface area (Å²) in [6.07, 6.45) is 2.89. The van der Waals surface area contributed by atoms with Gasteiger partial charge in [0.25, 0.3) is 5.56 Å². The smallest absolute Gasteiger partial charge is 0.352 e. The average molecular weight is 418 g/mol. The number of aromatic nitrogens is 3. The minimum atomic E-state index is -4.38. The van der Waals surface area contributed by atoms with E-state index in [0.717, 1.165) is 49.1 Å². The molecular weight excluding hydrogens is 397 g/mol. The Morgan fingerprint density at radius 1 is 1.10 bits per heavy atom. The van der Waals surface area contributed by atoms with E-state index >= 15 is 0 Å². The highest BCUT2D eigenvalue weighted by atomic mass is 19.4. The fraction of sp³-hybridized carbons (Fsp3) is 0.381. The maximum atomic E-state index is 12.8. The molecule has 9 heteroatoms. The van der Waals surface area contributed by atoms with Crippen LogP contribution in [0.5, 0.6) is 0 Å². The van der Waals surface area contributed by atoms with Gasteiger partial charge >= 0.3 is 6.18 Å². The summed E-state index contributed by atoms with van der Waals surface area (Å²) in [4.78, 5) is 25.0. The number of carbonyl (C=O) groups is 1. The number of fused-ring (bicyclic) bond motifs is 3. The van der Waals surface area contributed by atoms with Gasteiger partial charge in [-0.25, -0.2) is 4.52 Å². The van der Waals surface area contributed by atoms with Crippen LogP contribution >= 0.6 is 0 Å². The van der Waals surface area contributed by atoms with Gasteiger partial charge in [0.15, 0.2) is 0 Å². The van der Waals surface area contributed by atoms with Crippen molar-refractivity contribution in [3.8, 4) is 0 Å². The van der Waals surface area contributed by atoms with Crippen molar-refractivity contribution in [1.29, 1.82) is 0 Å². The zero-order valence-electron chi connectivity index (χ0n) is 16.2. The molecule has 0 fully saturated rings. The van der Waals surface area contributed by atoms with Crippen molar-refractivity contribution in [2.24, 2.45) is 0 Å². The third-order valence-electron chi connectivity index (χ3n) is 5.38. The summed E-state index contributed by atoms with van der Waals surface area (Å²) in [6.45, 7) is 0.342. The molecule has 0 saturated heterocycles. The number of aryl methyl sites for hydroxylation is 3. The van der Waals surface area contributed by atoms with Gasteiger partial charge in [-0.3, -0.25) is 9.59 Å². The minimum Gasteiger partial charge on any atom is -0.352 e. The Morgan fingerprint density at radius 3 is 2.57 bits per heavy atom. The molecule has 0 spiro atoms. The quantitative estimate of drug-likeness (QED) is 0.692. The Morgan fingerprint density at radius 2 is 1.83 bits per heavy atom. The molecule has 0 bridgehead atoms. The van der Waals surface area contributed by atoms with E-state index in [1.54, 1.807) is 16.9 Å². The predicted octanol–water partition coefficient (Wildman–Crippen LogP) is 3.10. The highest BCUT2D eigenvalue weighted by Crippen LogP contribution is 2.29. The molecular formula is C21H21F3N4O2. The lowest BCUT2D eigenvalue weighted by molar-refractivity contribution is -0.137. The van der Waals surface area contributed by atoms with Gasteiger partial charge in [-0.2, -0.15) is 18.3 Å². The van der Waals surface area contributed by atoms with Gasteiger partial charge in [0.2, 0.25) is 5.91 Å². The Hall–Kier alpha value is -3.10. The molecule has 6 nitrogen and oxygen atoms in total. The molecule has 2 heterocycles. The van der Waals surface area contributed by atoms with Gasteiger partial charge in [0, 0.05) is 37.5 Å². The Balaban J connectivity index is 1.37. The number of halogens is 3. The number of benzene rings is 1. The number of alkyl halides is 3. The van der Waals surface area contributed by atoms with E-state index in [9.17, 15) is 22.8 Å². The monoisotopic (exact) mass is 418 g/mol. The number of hydrogen-bond donors (Lipinski definition) is 1. The maximum Gasteiger partial charge on any atom is 0.416 e. The predicted molar refractivity (Wildman–Crippen MR) is 104 cm³/mol. The number of hydrogen-bond acceptors (Lipinski definition) is 3. The fourth-order valence-corrected chi connectivity index (χ4v) is 3.75. The van der Waals surface area contributed by atoms with E-state index in [-0.39, 0.29) is 31.0 Å². The molecule has 0 atom stereocenters. The van der Waals surface area contributed by atoms with Crippen LogP contribution in [0.3, 0.4) is 0 Å². The van der Waals surface area contributed by atoms with Crippen LogP contribution in [-0.4, -0.2) is 20.1 Å². The summed E-state index contributed by atoms with van der Waals surface area (Å²) >= 11 is 0. The Kier molecular flexibility index (Phi) is 5.36. The lowest BCUT2D eigenvalue weighted by atomic mass is 9.97. The van der Waals surface area contributed by atoms with Crippen LogP contribution in [0.4, 0.5) is 13.2 Å². The van der Waals surface area contributed by atoms with Crippen molar-refractivity contribution in [2.45, 2.75) is 51.4 Å². The van der Waals surface area contributed by atoms with Crippen LogP contribution in [-0.2, 0) is 36.9 Å². The summed E-state index contributed by atoms with van der Waals surface area (Å²) in [6, 6.07) is 4.65. The first-order valence-corrected chi connectivity index (χ1v) is 9.85. The molecule has 0 aliphatic heterocycles. The number of carbonyl (C=O) groups excluding carboxylic acids is 1. The first-order chi connectivity index (χ1) is 14.3. The van der Waals surface area contributed by atoms with Crippen molar-refractivity contribution < 1.29 is 18.0 Å². The van der Waals surface area contributed by atoms with Crippen LogP contribution in [0, 0.1) is 0 Å². The topological polar surface area (TPSA) is 68.4 Å². The fourth-order valence-electron chi connectivity index (χ4n) is 3.75. The second-order valence-electron chi connectivity index (χ2n) is 7.44. The van der Waals surface area contributed by atoms with E-state index in [2.05, 4.69) is 10.4 Å². The molecule has 1 aliphatic rings. The molecule has 0 radical (unpaired) electrons. The van der Waals surface area contributed by atoms with Crippen LogP contribution < -0.4 is 10.9 Å². The normalized spacial score (nSPS) is 14.0. The van der Waals surface area contributed by atoms with Crippen LogP contribution in [0.1, 0.15) is 41.6 Å². The van der Waals surface area contributed by atoms with E-state index in [1.807, 2.05) is 0 Å². The lowest BCUT2D eigenvalue weighted by Crippen LogP contribution is -2.28. The summed E-state index contributed by atoms with van der Waals surface area (Å²) < 4.78 is 40.9. The third kappa shape index (κ3) is 4.10. The highest BCUT2D eigenvalue weighted by molar-refractivity contribution is 5.75. The molecule has 1 amide bonds. The molecule has 1 N–H and O–H groups in total. The molecule has 2 aromatic heterocycles. The molecule has 1 aromatic carbocycles. The van der Waals surface area contributed by atoms with Gasteiger partial charge in [-0.15, -0.1) is 0 Å². The van der Waals surface area contributed by atoms with Crippen molar-refractivity contribution in [3.05, 3.63) is 69.4 Å². The zero-order valence-corrected chi connectivity index (χ0v) is 16.2. The van der Waals surface area contributed by atoms with Gasteiger partial charge in [0.1, 0.15) is 5.52 Å². The van der Waals surface area contributed by atoms with Gasteiger partial charge in [-0.1, -0.05) is 12.1 Å². The molecule has 158 valence electrons. The molecule has 0 saturated carbocycles. The van der Waals surface area contributed by atoms with E-state index in [0.29, 0.717) is 11.1 Å². The van der Waals surface area contributed by atoms with Gasteiger partial charge in [0.05, 0.1) is 11.3 Å². The van der Waals surface area contributed by atoms with E-state index in [1.165, 1.54) is 16.7 Å². The number of nitrogens with one attached hydrogen (secondary N) is 1. The second kappa shape index (κ2) is 7.97. The van der Waals surface area contributed by atoms with Crippen molar-refractivity contribution in [1.82, 2.24) is 19.5 Å². The SMILES string of the molecule is O=C(CCn1ccn2nc3c(c2c1=O)CCCC3)NCc1ccc(C(F)(F)F)cc1. The molecule has 4 rings (SSSR count). The maximum absolute atomic E-state index is 12.8. The zero-order chi connectivity index (χ0) is 21.3. The number of nitrogens with zero attached hydrogens (tertiary/aromatic N) is 3.